The molecule has 1 fully saturated rings. The Bertz CT molecular complexity index is 657. The molecule has 2 N–H and O–H groups in total. The van der Waals surface area contributed by atoms with Crippen molar-refractivity contribution in [3.63, 3.8) is 0 Å². The van der Waals surface area contributed by atoms with Gasteiger partial charge in [-0.05, 0) is 17.7 Å². The van der Waals surface area contributed by atoms with E-state index in [1.165, 1.54) is 0 Å². The first-order valence-electron chi connectivity index (χ1n) is 7.06. The summed E-state index contributed by atoms with van der Waals surface area (Å²) in [7, 11) is 0. The van der Waals surface area contributed by atoms with Crippen molar-refractivity contribution in [3.05, 3.63) is 44.4 Å². The average molecular weight is 323 g/mol. The number of aromatic nitrogens is 1. The first-order valence-corrected chi connectivity index (χ1v) is 7.88. The highest BCUT2D eigenvalue weighted by molar-refractivity contribution is 7.09. The lowest BCUT2D eigenvalue weighted by Gasteiger charge is -2.10. The number of hydrogen-bond donors (Lipinski definition) is 2. The van der Waals surface area contributed by atoms with Crippen molar-refractivity contribution in [2.45, 2.75) is 19.1 Å². The van der Waals surface area contributed by atoms with Gasteiger partial charge in [0, 0.05) is 12.8 Å². The Hall–Kier alpha value is -1.83. The van der Waals surface area contributed by atoms with Gasteiger partial charge in [0.15, 0.2) is 6.29 Å². The van der Waals surface area contributed by atoms with E-state index in [0.29, 0.717) is 37.5 Å². The third kappa shape index (κ3) is 3.88. The van der Waals surface area contributed by atoms with Gasteiger partial charge < -0.3 is 19.3 Å². The Morgan fingerprint density at radius 1 is 1.27 bits per heavy atom. The summed E-state index contributed by atoms with van der Waals surface area (Å²) < 4.78 is 16.3. The SMILES string of the molecule is O=c1[nH]c(O)c(Cc2ccc(OCCC3OCCO3)cc2)s1. The largest absolute Gasteiger partial charge is 0.494 e. The molecule has 0 aliphatic carbocycles. The molecular weight excluding hydrogens is 306 g/mol. The van der Waals surface area contributed by atoms with Crippen molar-refractivity contribution in [1.82, 2.24) is 4.98 Å². The zero-order valence-corrected chi connectivity index (χ0v) is 12.7. The van der Waals surface area contributed by atoms with Crippen LogP contribution in [-0.4, -0.2) is 36.2 Å². The molecular formula is C15H17NO5S. The minimum Gasteiger partial charge on any atom is -0.494 e. The average Bonchev–Trinajstić information content (AvgIpc) is 3.11. The number of hydrogen-bond acceptors (Lipinski definition) is 6. The number of aromatic hydroxyl groups is 1. The highest BCUT2D eigenvalue weighted by Crippen LogP contribution is 2.22. The van der Waals surface area contributed by atoms with Crippen LogP contribution in [-0.2, 0) is 15.9 Å². The molecule has 22 heavy (non-hydrogen) atoms. The van der Waals surface area contributed by atoms with E-state index in [1.54, 1.807) is 0 Å². The fourth-order valence-electron chi connectivity index (χ4n) is 2.21. The lowest BCUT2D eigenvalue weighted by atomic mass is 10.1. The first-order chi connectivity index (χ1) is 10.7. The normalized spacial score (nSPS) is 15.3. The third-order valence-corrected chi connectivity index (χ3v) is 4.17. The number of thiazole rings is 1. The summed E-state index contributed by atoms with van der Waals surface area (Å²) in [5.74, 6) is 0.722. The number of nitrogens with one attached hydrogen (secondary N) is 1. The Labute approximate surface area is 131 Å². The fraction of sp³-hybridized carbons (Fsp3) is 0.400. The quantitative estimate of drug-likeness (QED) is 0.848. The molecule has 0 bridgehead atoms. The van der Waals surface area contributed by atoms with Gasteiger partial charge in [-0.2, -0.15) is 0 Å². The van der Waals surface area contributed by atoms with Crippen LogP contribution in [0, 0.1) is 0 Å². The third-order valence-electron chi connectivity index (χ3n) is 3.30. The van der Waals surface area contributed by atoms with E-state index >= 15 is 0 Å². The van der Waals surface area contributed by atoms with Crippen molar-refractivity contribution in [2.24, 2.45) is 0 Å². The van der Waals surface area contributed by atoms with Gasteiger partial charge in [-0.25, -0.2) is 0 Å². The molecule has 6 nitrogen and oxygen atoms in total. The van der Waals surface area contributed by atoms with Crippen molar-refractivity contribution >= 4 is 11.3 Å². The number of benzene rings is 1. The van der Waals surface area contributed by atoms with Crippen molar-refractivity contribution < 1.29 is 19.3 Å². The van der Waals surface area contributed by atoms with Crippen LogP contribution in [0.4, 0.5) is 0 Å². The highest BCUT2D eigenvalue weighted by Gasteiger charge is 2.15. The summed E-state index contributed by atoms with van der Waals surface area (Å²) in [6.07, 6.45) is 1.06. The minimum atomic E-state index is -0.246. The molecule has 1 aliphatic rings. The summed E-state index contributed by atoms with van der Waals surface area (Å²) in [6.45, 7) is 1.83. The predicted octanol–water partition coefficient (Wildman–Crippen LogP) is 1.87. The van der Waals surface area contributed by atoms with Crippen LogP contribution in [0.5, 0.6) is 11.6 Å². The zero-order chi connectivity index (χ0) is 15.4. The van der Waals surface area contributed by atoms with Gasteiger partial charge in [0.05, 0.1) is 24.7 Å². The summed E-state index contributed by atoms with van der Waals surface area (Å²) in [5.41, 5.74) is 1.00. The molecule has 0 radical (unpaired) electrons. The second-order valence-electron chi connectivity index (χ2n) is 4.92. The molecule has 2 aromatic rings. The molecule has 1 aromatic heterocycles. The van der Waals surface area contributed by atoms with Crippen molar-refractivity contribution in [1.29, 1.82) is 0 Å². The molecule has 3 rings (SSSR count). The zero-order valence-electron chi connectivity index (χ0n) is 11.9. The van der Waals surface area contributed by atoms with Gasteiger partial charge in [0.25, 0.3) is 0 Å². The number of aromatic amines is 1. The van der Waals surface area contributed by atoms with E-state index < -0.39 is 0 Å². The number of rotatable bonds is 6. The van der Waals surface area contributed by atoms with Crippen LogP contribution in [0.1, 0.15) is 16.9 Å². The van der Waals surface area contributed by atoms with E-state index in [9.17, 15) is 9.90 Å². The number of H-pyrrole nitrogens is 1. The highest BCUT2D eigenvalue weighted by atomic mass is 32.1. The molecule has 0 spiro atoms. The van der Waals surface area contributed by atoms with E-state index in [4.69, 9.17) is 14.2 Å². The van der Waals surface area contributed by atoms with Gasteiger partial charge >= 0.3 is 4.87 Å². The first kappa shape index (κ1) is 15.1. The second kappa shape index (κ2) is 6.95. The van der Waals surface area contributed by atoms with Gasteiger partial charge in [0.2, 0.25) is 5.88 Å². The maximum absolute atomic E-state index is 11.1. The summed E-state index contributed by atoms with van der Waals surface area (Å²) >= 11 is 1.02. The fourth-order valence-corrected chi connectivity index (χ4v) is 2.97. The molecule has 0 amide bonds. The summed E-state index contributed by atoms with van der Waals surface area (Å²) in [4.78, 5) is 13.9. The molecule has 1 aliphatic heterocycles. The lowest BCUT2D eigenvalue weighted by Crippen LogP contribution is -2.12. The van der Waals surface area contributed by atoms with Crippen LogP contribution in [0.2, 0.25) is 0 Å². The molecule has 0 atom stereocenters. The van der Waals surface area contributed by atoms with Crippen LogP contribution in [0.25, 0.3) is 0 Å². The molecule has 1 aromatic carbocycles. The smallest absolute Gasteiger partial charge is 0.307 e. The van der Waals surface area contributed by atoms with Crippen LogP contribution in [0.3, 0.4) is 0 Å². The van der Waals surface area contributed by atoms with Crippen molar-refractivity contribution in [3.8, 4) is 11.6 Å². The molecule has 118 valence electrons. The Morgan fingerprint density at radius 3 is 2.64 bits per heavy atom. The Balaban J connectivity index is 1.51. The summed E-state index contributed by atoms with van der Waals surface area (Å²) in [6, 6.07) is 7.58. The molecule has 7 heteroatoms. The van der Waals surface area contributed by atoms with Crippen LogP contribution in [0.15, 0.2) is 29.1 Å². The predicted molar refractivity (Wildman–Crippen MR) is 81.7 cm³/mol. The second-order valence-corrected chi connectivity index (χ2v) is 5.98. The molecule has 0 unspecified atom stereocenters. The monoisotopic (exact) mass is 323 g/mol. The molecule has 1 saturated heterocycles. The van der Waals surface area contributed by atoms with E-state index in [2.05, 4.69) is 4.98 Å². The standard InChI is InChI=1S/C15H17NO5S/c17-14-12(22-15(18)16-14)9-10-1-3-11(4-2-10)19-6-5-13-20-7-8-21-13/h1-4,13,17H,5-9H2,(H,16,18). The maximum Gasteiger partial charge on any atom is 0.307 e. The van der Waals surface area contributed by atoms with E-state index in [1.807, 2.05) is 24.3 Å². The lowest BCUT2D eigenvalue weighted by molar-refractivity contribution is -0.0531. The van der Waals surface area contributed by atoms with E-state index in [-0.39, 0.29) is 17.0 Å². The van der Waals surface area contributed by atoms with Gasteiger partial charge in [0.1, 0.15) is 5.75 Å². The number of ether oxygens (including phenoxy) is 3. The van der Waals surface area contributed by atoms with E-state index in [0.717, 1.165) is 22.6 Å². The van der Waals surface area contributed by atoms with Crippen molar-refractivity contribution in [2.75, 3.05) is 19.8 Å². The Morgan fingerprint density at radius 2 is 2.00 bits per heavy atom. The van der Waals surface area contributed by atoms with Gasteiger partial charge in [-0.1, -0.05) is 23.5 Å². The Kier molecular flexibility index (Phi) is 4.77. The maximum atomic E-state index is 11.1. The van der Waals surface area contributed by atoms with Crippen LogP contribution < -0.4 is 9.61 Å². The molecule has 0 saturated carbocycles. The topological polar surface area (TPSA) is 80.8 Å². The van der Waals surface area contributed by atoms with Gasteiger partial charge in [-0.3, -0.25) is 9.78 Å². The summed E-state index contributed by atoms with van der Waals surface area (Å²) in [5, 5.41) is 9.57. The van der Waals surface area contributed by atoms with Crippen LogP contribution >= 0.6 is 11.3 Å². The molecule has 2 heterocycles. The van der Waals surface area contributed by atoms with Gasteiger partial charge in [-0.15, -0.1) is 0 Å². The minimum absolute atomic E-state index is 0.0492.